The van der Waals surface area contributed by atoms with Crippen molar-refractivity contribution < 1.29 is 9.53 Å². The first-order valence-electron chi connectivity index (χ1n) is 7.68. The molecule has 0 radical (unpaired) electrons. The number of piperidine rings is 1. The minimum Gasteiger partial charge on any atom is -0.493 e. The third-order valence-corrected chi connectivity index (χ3v) is 4.72. The Hall–Kier alpha value is -1.35. The van der Waals surface area contributed by atoms with Crippen molar-refractivity contribution in [2.75, 3.05) is 26.2 Å². The monoisotopic (exact) mass is 273 g/mol. The standard InChI is InChI=1S/C17H23NO2/c1-13(19)14-6-9-18(10-7-14)12-15-8-11-20-17-5-3-2-4-16(15)17/h2-5,14-15H,6-12H2,1H3. The fourth-order valence-corrected chi connectivity index (χ4v) is 3.44. The van der Waals surface area contributed by atoms with E-state index in [1.54, 1.807) is 6.92 Å². The first-order chi connectivity index (χ1) is 9.74. The topological polar surface area (TPSA) is 29.5 Å². The van der Waals surface area contributed by atoms with Gasteiger partial charge in [0.15, 0.2) is 0 Å². The molecule has 2 aliphatic heterocycles. The molecule has 0 aromatic heterocycles. The number of likely N-dealkylation sites (tertiary alicyclic amines) is 1. The van der Waals surface area contributed by atoms with E-state index in [1.165, 1.54) is 5.56 Å². The first-order valence-corrected chi connectivity index (χ1v) is 7.68. The summed E-state index contributed by atoms with van der Waals surface area (Å²) in [6.45, 7) is 5.78. The molecule has 1 fully saturated rings. The average Bonchev–Trinajstić information content (AvgIpc) is 2.48. The molecule has 0 amide bonds. The van der Waals surface area contributed by atoms with Crippen LogP contribution >= 0.6 is 0 Å². The van der Waals surface area contributed by atoms with Crippen LogP contribution in [0.1, 0.15) is 37.7 Å². The minimum absolute atomic E-state index is 0.299. The van der Waals surface area contributed by atoms with Crippen LogP contribution in [-0.2, 0) is 4.79 Å². The van der Waals surface area contributed by atoms with Crippen molar-refractivity contribution in [2.45, 2.75) is 32.1 Å². The maximum Gasteiger partial charge on any atom is 0.133 e. The van der Waals surface area contributed by atoms with Crippen LogP contribution in [0.5, 0.6) is 5.75 Å². The van der Waals surface area contributed by atoms with E-state index in [0.717, 1.165) is 51.3 Å². The van der Waals surface area contributed by atoms with Gasteiger partial charge in [-0.05, 0) is 50.9 Å². The molecule has 0 N–H and O–H groups in total. The van der Waals surface area contributed by atoms with E-state index in [1.807, 2.05) is 6.07 Å². The predicted octanol–water partition coefficient (Wildman–Crippen LogP) is 2.85. The Morgan fingerprint density at radius 1 is 1.25 bits per heavy atom. The third-order valence-electron chi connectivity index (χ3n) is 4.72. The molecular formula is C17H23NO2. The smallest absolute Gasteiger partial charge is 0.133 e. The molecule has 108 valence electrons. The number of para-hydroxylation sites is 1. The van der Waals surface area contributed by atoms with Crippen LogP contribution in [0, 0.1) is 5.92 Å². The Bertz CT molecular complexity index is 478. The molecule has 1 aromatic carbocycles. The number of fused-ring (bicyclic) bond motifs is 1. The van der Waals surface area contributed by atoms with Crippen LogP contribution in [-0.4, -0.2) is 36.9 Å². The third kappa shape index (κ3) is 2.88. The van der Waals surface area contributed by atoms with E-state index in [9.17, 15) is 4.79 Å². The molecule has 0 saturated carbocycles. The highest BCUT2D eigenvalue weighted by Crippen LogP contribution is 2.34. The Morgan fingerprint density at radius 2 is 2.00 bits per heavy atom. The molecule has 3 nitrogen and oxygen atoms in total. The molecule has 1 atom stereocenters. The minimum atomic E-state index is 0.299. The zero-order valence-electron chi connectivity index (χ0n) is 12.2. The van der Waals surface area contributed by atoms with Crippen LogP contribution in [0.3, 0.4) is 0 Å². The van der Waals surface area contributed by atoms with Gasteiger partial charge in [-0.25, -0.2) is 0 Å². The number of ketones is 1. The number of nitrogens with zero attached hydrogens (tertiary/aromatic N) is 1. The average molecular weight is 273 g/mol. The first kappa shape index (κ1) is 13.6. The van der Waals surface area contributed by atoms with Crippen LogP contribution < -0.4 is 4.74 Å². The quantitative estimate of drug-likeness (QED) is 0.848. The molecular weight excluding hydrogens is 250 g/mol. The summed E-state index contributed by atoms with van der Waals surface area (Å²) >= 11 is 0. The van der Waals surface area contributed by atoms with Crippen molar-refractivity contribution in [2.24, 2.45) is 5.92 Å². The van der Waals surface area contributed by atoms with Crippen LogP contribution in [0.2, 0.25) is 0 Å². The zero-order valence-corrected chi connectivity index (χ0v) is 12.2. The largest absolute Gasteiger partial charge is 0.493 e. The lowest BCUT2D eigenvalue weighted by Gasteiger charge is -2.35. The maximum absolute atomic E-state index is 11.4. The molecule has 2 aliphatic rings. The molecule has 0 spiro atoms. The van der Waals surface area contributed by atoms with Gasteiger partial charge in [-0.15, -0.1) is 0 Å². The highest BCUT2D eigenvalue weighted by molar-refractivity contribution is 5.78. The highest BCUT2D eigenvalue weighted by Gasteiger charge is 2.27. The molecule has 1 saturated heterocycles. The Morgan fingerprint density at radius 3 is 2.75 bits per heavy atom. The lowest BCUT2D eigenvalue weighted by molar-refractivity contribution is -0.122. The van der Waals surface area contributed by atoms with Crippen molar-refractivity contribution in [3.05, 3.63) is 29.8 Å². The molecule has 1 unspecified atom stereocenters. The predicted molar refractivity (Wildman–Crippen MR) is 79.1 cm³/mol. The van der Waals surface area contributed by atoms with Gasteiger partial charge in [0.05, 0.1) is 6.61 Å². The fourth-order valence-electron chi connectivity index (χ4n) is 3.44. The normalized spacial score (nSPS) is 23.9. The van der Waals surface area contributed by atoms with Gasteiger partial charge >= 0.3 is 0 Å². The van der Waals surface area contributed by atoms with E-state index in [0.29, 0.717) is 17.6 Å². The number of rotatable bonds is 3. The molecule has 3 heteroatoms. The Balaban J connectivity index is 1.61. The van der Waals surface area contributed by atoms with Gasteiger partial charge in [0.25, 0.3) is 0 Å². The maximum atomic E-state index is 11.4. The van der Waals surface area contributed by atoms with E-state index in [-0.39, 0.29) is 0 Å². The second kappa shape index (κ2) is 5.96. The SMILES string of the molecule is CC(=O)C1CCN(CC2CCOc3ccccc32)CC1. The van der Waals surface area contributed by atoms with Gasteiger partial charge in [0, 0.05) is 18.4 Å². The summed E-state index contributed by atoms with van der Waals surface area (Å²) in [5.74, 6) is 2.30. The summed E-state index contributed by atoms with van der Waals surface area (Å²) in [7, 11) is 0. The van der Waals surface area contributed by atoms with E-state index in [4.69, 9.17) is 4.74 Å². The van der Waals surface area contributed by atoms with Crippen molar-refractivity contribution >= 4 is 5.78 Å². The van der Waals surface area contributed by atoms with Crippen LogP contribution in [0.15, 0.2) is 24.3 Å². The fraction of sp³-hybridized carbons (Fsp3) is 0.588. The molecule has 20 heavy (non-hydrogen) atoms. The lowest BCUT2D eigenvalue weighted by Crippen LogP contribution is -2.39. The number of benzene rings is 1. The molecule has 0 bridgehead atoms. The van der Waals surface area contributed by atoms with Crippen molar-refractivity contribution in [3.8, 4) is 5.75 Å². The summed E-state index contributed by atoms with van der Waals surface area (Å²) in [5, 5.41) is 0. The van der Waals surface area contributed by atoms with Crippen LogP contribution in [0.25, 0.3) is 0 Å². The Labute approximate surface area is 120 Å². The summed E-state index contributed by atoms with van der Waals surface area (Å²) < 4.78 is 5.73. The molecule has 3 rings (SSSR count). The van der Waals surface area contributed by atoms with Gasteiger partial charge in [-0.3, -0.25) is 4.79 Å². The zero-order chi connectivity index (χ0) is 13.9. The number of carbonyl (C=O) groups is 1. The lowest BCUT2D eigenvalue weighted by atomic mass is 9.89. The second-order valence-electron chi connectivity index (χ2n) is 6.06. The van der Waals surface area contributed by atoms with Gasteiger partial charge < -0.3 is 9.64 Å². The Kier molecular flexibility index (Phi) is 4.06. The number of ether oxygens (including phenoxy) is 1. The summed E-state index contributed by atoms with van der Waals surface area (Å²) in [4.78, 5) is 13.9. The van der Waals surface area contributed by atoms with Crippen molar-refractivity contribution in [3.63, 3.8) is 0 Å². The van der Waals surface area contributed by atoms with Gasteiger partial charge in [0.2, 0.25) is 0 Å². The highest BCUT2D eigenvalue weighted by atomic mass is 16.5. The molecule has 2 heterocycles. The van der Waals surface area contributed by atoms with Gasteiger partial charge in [-0.2, -0.15) is 0 Å². The van der Waals surface area contributed by atoms with Crippen molar-refractivity contribution in [1.29, 1.82) is 0 Å². The van der Waals surface area contributed by atoms with Crippen molar-refractivity contribution in [1.82, 2.24) is 4.90 Å². The van der Waals surface area contributed by atoms with Gasteiger partial charge in [-0.1, -0.05) is 18.2 Å². The molecule has 0 aliphatic carbocycles. The summed E-state index contributed by atoms with van der Waals surface area (Å²) in [6.07, 6.45) is 3.16. The number of hydrogen-bond acceptors (Lipinski definition) is 3. The van der Waals surface area contributed by atoms with Gasteiger partial charge in [0.1, 0.15) is 11.5 Å². The molecule has 1 aromatic rings. The number of Topliss-reactive ketones (excluding diaryl/α,β-unsaturated/α-hetero) is 1. The van der Waals surface area contributed by atoms with E-state index < -0.39 is 0 Å². The summed E-state index contributed by atoms with van der Waals surface area (Å²) in [5.41, 5.74) is 1.35. The number of hydrogen-bond donors (Lipinski definition) is 0. The second-order valence-corrected chi connectivity index (χ2v) is 6.06. The van der Waals surface area contributed by atoms with Crippen LogP contribution in [0.4, 0.5) is 0 Å². The summed E-state index contributed by atoms with van der Waals surface area (Å²) in [6, 6.07) is 8.41. The van der Waals surface area contributed by atoms with E-state index >= 15 is 0 Å². The van der Waals surface area contributed by atoms with E-state index in [2.05, 4.69) is 23.1 Å². The number of carbonyl (C=O) groups excluding carboxylic acids is 1.